The maximum Gasteiger partial charge on any atom is 0.288 e. The van der Waals surface area contributed by atoms with Crippen molar-refractivity contribution in [2.24, 2.45) is 5.92 Å². The molecule has 7 heteroatoms. The fourth-order valence-corrected chi connectivity index (χ4v) is 2.62. The van der Waals surface area contributed by atoms with E-state index in [2.05, 4.69) is 10.6 Å². The van der Waals surface area contributed by atoms with Crippen molar-refractivity contribution in [2.75, 3.05) is 11.9 Å². The zero-order valence-electron chi connectivity index (χ0n) is 11.3. The fourth-order valence-electron chi connectivity index (χ4n) is 2.38. The third-order valence-corrected chi connectivity index (χ3v) is 3.91. The van der Waals surface area contributed by atoms with E-state index < -0.39 is 4.92 Å². The molecule has 6 nitrogen and oxygen atoms in total. The predicted molar refractivity (Wildman–Crippen MR) is 77.0 cm³/mol. The maximum atomic E-state index is 12.2. The van der Waals surface area contributed by atoms with Crippen molar-refractivity contribution in [2.45, 2.75) is 26.3 Å². The number of benzene rings is 1. The van der Waals surface area contributed by atoms with Crippen molar-refractivity contribution < 1.29 is 9.72 Å². The van der Waals surface area contributed by atoms with Crippen molar-refractivity contribution in [3.05, 3.63) is 32.8 Å². The number of nitrogens with one attached hydrogen (secondary N) is 2. The number of halogens is 1. The van der Waals surface area contributed by atoms with Crippen molar-refractivity contribution in [1.29, 1.82) is 0 Å². The summed E-state index contributed by atoms with van der Waals surface area (Å²) in [5.74, 6) is -0.182. The summed E-state index contributed by atoms with van der Waals surface area (Å²) in [5, 5.41) is 16.8. The lowest BCUT2D eigenvalue weighted by atomic mass is 10.0. The van der Waals surface area contributed by atoms with Crippen LogP contribution in [-0.2, 0) is 4.79 Å². The van der Waals surface area contributed by atoms with Gasteiger partial charge in [-0.05, 0) is 38.4 Å². The Labute approximate surface area is 121 Å². The van der Waals surface area contributed by atoms with Gasteiger partial charge in [0.2, 0.25) is 5.91 Å². The molecular formula is C13H16ClN3O3. The van der Waals surface area contributed by atoms with Crippen LogP contribution in [-0.4, -0.2) is 23.4 Å². The Morgan fingerprint density at radius 3 is 2.80 bits per heavy atom. The van der Waals surface area contributed by atoms with E-state index in [1.54, 1.807) is 6.92 Å². The van der Waals surface area contributed by atoms with Crippen LogP contribution in [0.3, 0.4) is 0 Å². The number of anilines is 1. The van der Waals surface area contributed by atoms with Gasteiger partial charge in [0.1, 0.15) is 5.02 Å². The number of nitrogens with zero attached hydrogens (tertiary/aromatic N) is 1. The molecule has 1 fully saturated rings. The molecular weight excluding hydrogens is 282 g/mol. The Kier molecular flexibility index (Phi) is 4.25. The second kappa shape index (κ2) is 5.76. The summed E-state index contributed by atoms with van der Waals surface area (Å²) in [4.78, 5) is 22.4. The first-order valence-corrected chi connectivity index (χ1v) is 6.76. The van der Waals surface area contributed by atoms with Gasteiger partial charge in [0, 0.05) is 17.8 Å². The molecule has 20 heavy (non-hydrogen) atoms. The van der Waals surface area contributed by atoms with E-state index in [9.17, 15) is 14.9 Å². The van der Waals surface area contributed by atoms with Crippen LogP contribution in [0.1, 0.15) is 18.9 Å². The average Bonchev–Trinajstić information content (AvgIpc) is 2.79. The van der Waals surface area contributed by atoms with E-state index in [1.165, 1.54) is 12.1 Å². The van der Waals surface area contributed by atoms with E-state index >= 15 is 0 Å². The van der Waals surface area contributed by atoms with E-state index in [1.807, 2.05) is 6.92 Å². The van der Waals surface area contributed by atoms with Gasteiger partial charge in [0.25, 0.3) is 5.69 Å². The number of nitro benzene ring substituents is 1. The highest BCUT2D eigenvalue weighted by Crippen LogP contribution is 2.31. The molecule has 108 valence electrons. The van der Waals surface area contributed by atoms with Gasteiger partial charge >= 0.3 is 0 Å². The lowest BCUT2D eigenvalue weighted by Crippen LogP contribution is -2.32. The second-order valence-electron chi connectivity index (χ2n) is 5.00. The zero-order chi connectivity index (χ0) is 14.9. The molecule has 1 aromatic rings. The van der Waals surface area contributed by atoms with Crippen molar-refractivity contribution in [3.63, 3.8) is 0 Å². The van der Waals surface area contributed by atoms with Crippen LogP contribution in [0.4, 0.5) is 11.4 Å². The normalized spacial score (nSPS) is 21.8. The standard InChI is InChI=1S/C13H16ClN3O3/c1-7-5-12(17(19)20)10(14)6-11(7)16-13(18)9-3-4-15-8(9)2/h5-6,8-9,15H,3-4H2,1-2H3,(H,16,18). The highest BCUT2D eigenvalue weighted by atomic mass is 35.5. The molecule has 0 spiro atoms. The van der Waals surface area contributed by atoms with Gasteiger partial charge in [0.15, 0.2) is 0 Å². The number of hydrogen-bond donors (Lipinski definition) is 2. The third-order valence-electron chi connectivity index (χ3n) is 3.61. The number of aryl methyl sites for hydroxylation is 1. The first-order valence-electron chi connectivity index (χ1n) is 6.39. The smallest absolute Gasteiger partial charge is 0.288 e. The second-order valence-corrected chi connectivity index (χ2v) is 5.41. The van der Waals surface area contributed by atoms with Crippen LogP contribution >= 0.6 is 11.6 Å². The topological polar surface area (TPSA) is 84.3 Å². The van der Waals surface area contributed by atoms with E-state index in [-0.39, 0.29) is 28.6 Å². The molecule has 2 rings (SSSR count). The summed E-state index contributed by atoms with van der Waals surface area (Å²) in [6, 6.07) is 2.93. The van der Waals surface area contributed by atoms with Crippen LogP contribution in [0.25, 0.3) is 0 Å². The Balaban J connectivity index is 2.19. The summed E-state index contributed by atoms with van der Waals surface area (Å²) < 4.78 is 0. The van der Waals surface area contributed by atoms with Crippen LogP contribution in [0.2, 0.25) is 5.02 Å². The Morgan fingerprint density at radius 2 is 2.25 bits per heavy atom. The molecule has 2 N–H and O–H groups in total. The molecule has 1 amide bonds. The SMILES string of the molecule is Cc1cc([N+](=O)[O-])c(Cl)cc1NC(=O)C1CCNC1C. The average molecular weight is 298 g/mol. The number of hydrogen-bond acceptors (Lipinski definition) is 4. The Bertz CT molecular complexity index is 562. The molecule has 0 aliphatic carbocycles. The van der Waals surface area contributed by atoms with Gasteiger partial charge in [-0.2, -0.15) is 0 Å². The lowest BCUT2D eigenvalue weighted by Gasteiger charge is -2.16. The predicted octanol–water partition coefficient (Wildman–Crippen LogP) is 2.49. The minimum absolute atomic E-state index is 0.0218. The number of rotatable bonds is 3. The van der Waals surface area contributed by atoms with E-state index in [0.717, 1.165) is 13.0 Å². The van der Waals surface area contributed by atoms with Gasteiger partial charge in [-0.1, -0.05) is 11.6 Å². The van der Waals surface area contributed by atoms with Crippen molar-refractivity contribution >= 4 is 28.9 Å². The summed E-state index contributed by atoms with van der Waals surface area (Å²) >= 11 is 5.86. The van der Waals surface area contributed by atoms with Gasteiger partial charge in [-0.15, -0.1) is 0 Å². The quantitative estimate of drug-likeness (QED) is 0.663. The Hall–Kier alpha value is -1.66. The molecule has 0 radical (unpaired) electrons. The van der Waals surface area contributed by atoms with E-state index in [4.69, 9.17) is 11.6 Å². The Morgan fingerprint density at radius 1 is 1.55 bits per heavy atom. The maximum absolute atomic E-state index is 12.2. The molecule has 1 aliphatic rings. The number of amides is 1. The number of nitro groups is 1. The minimum Gasteiger partial charge on any atom is -0.325 e. The van der Waals surface area contributed by atoms with Gasteiger partial charge < -0.3 is 10.6 Å². The largest absolute Gasteiger partial charge is 0.325 e. The van der Waals surface area contributed by atoms with Crippen LogP contribution in [0.15, 0.2) is 12.1 Å². The molecule has 0 saturated carbocycles. The zero-order valence-corrected chi connectivity index (χ0v) is 12.0. The minimum atomic E-state index is -0.538. The summed E-state index contributed by atoms with van der Waals surface area (Å²) in [6.07, 6.45) is 0.784. The fraction of sp³-hybridized carbons (Fsp3) is 0.462. The summed E-state index contributed by atoms with van der Waals surface area (Å²) in [6.45, 7) is 4.49. The lowest BCUT2D eigenvalue weighted by molar-refractivity contribution is -0.384. The molecule has 2 atom stereocenters. The monoisotopic (exact) mass is 297 g/mol. The van der Waals surface area contributed by atoms with Crippen LogP contribution in [0.5, 0.6) is 0 Å². The highest BCUT2D eigenvalue weighted by Gasteiger charge is 2.29. The van der Waals surface area contributed by atoms with Crippen LogP contribution < -0.4 is 10.6 Å². The van der Waals surface area contributed by atoms with Crippen molar-refractivity contribution in [1.82, 2.24) is 5.32 Å². The molecule has 1 saturated heterocycles. The molecule has 0 bridgehead atoms. The molecule has 1 aliphatic heterocycles. The molecule has 1 aromatic carbocycles. The molecule has 1 heterocycles. The molecule has 2 unspecified atom stereocenters. The first kappa shape index (κ1) is 14.7. The molecule has 0 aromatic heterocycles. The first-order chi connectivity index (χ1) is 9.40. The van der Waals surface area contributed by atoms with Crippen molar-refractivity contribution in [3.8, 4) is 0 Å². The van der Waals surface area contributed by atoms with Crippen LogP contribution in [0, 0.1) is 23.0 Å². The number of carbonyl (C=O) groups is 1. The van der Waals surface area contributed by atoms with Gasteiger partial charge in [-0.3, -0.25) is 14.9 Å². The third kappa shape index (κ3) is 2.91. The number of carbonyl (C=O) groups excluding carboxylic acids is 1. The van der Waals surface area contributed by atoms with Gasteiger partial charge in [0.05, 0.1) is 10.8 Å². The summed E-state index contributed by atoms with van der Waals surface area (Å²) in [7, 11) is 0. The van der Waals surface area contributed by atoms with E-state index in [0.29, 0.717) is 11.3 Å². The highest BCUT2D eigenvalue weighted by molar-refractivity contribution is 6.33. The van der Waals surface area contributed by atoms with Gasteiger partial charge in [-0.25, -0.2) is 0 Å². The summed E-state index contributed by atoms with van der Waals surface area (Å²) in [5.41, 5.74) is 0.982.